The van der Waals surface area contributed by atoms with Gasteiger partial charge in [-0.3, -0.25) is 0 Å². The number of hydrogen-bond acceptors (Lipinski definition) is 6. The molecular weight excluding hydrogens is 439 g/mol. The number of esters is 1. The monoisotopic (exact) mass is 468 g/mol. The number of benzene rings is 2. The molecule has 1 saturated heterocycles. The Bertz CT molecular complexity index is 1150. The van der Waals surface area contributed by atoms with Crippen molar-refractivity contribution in [3.05, 3.63) is 53.9 Å². The van der Waals surface area contributed by atoms with E-state index in [2.05, 4.69) is 11.1 Å². The van der Waals surface area contributed by atoms with Crippen molar-refractivity contribution in [1.82, 2.24) is 9.88 Å². The van der Waals surface area contributed by atoms with Crippen LogP contribution in [0.25, 0.3) is 22.2 Å². The minimum atomic E-state index is -1.65. The van der Waals surface area contributed by atoms with E-state index in [1.807, 2.05) is 43.3 Å². The molecular formula is C26H29FN2O5. The van der Waals surface area contributed by atoms with Crippen LogP contribution < -0.4 is 0 Å². The van der Waals surface area contributed by atoms with E-state index in [0.717, 1.165) is 22.0 Å². The highest BCUT2D eigenvalue weighted by Crippen LogP contribution is 2.27. The van der Waals surface area contributed by atoms with Crippen LogP contribution in [0.4, 0.5) is 9.18 Å². The molecule has 0 aliphatic carbocycles. The number of ether oxygens (including phenoxy) is 2. The maximum absolute atomic E-state index is 14.2. The molecule has 1 unspecified atom stereocenters. The van der Waals surface area contributed by atoms with Crippen LogP contribution in [0.5, 0.6) is 0 Å². The van der Waals surface area contributed by atoms with Crippen LogP contribution >= 0.6 is 0 Å². The number of hydrogen-bond donors (Lipinski definition) is 0. The quantitative estimate of drug-likeness (QED) is 0.449. The van der Waals surface area contributed by atoms with Crippen LogP contribution in [0.3, 0.4) is 0 Å². The van der Waals surface area contributed by atoms with Gasteiger partial charge in [-0.05, 0) is 49.6 Å². The first-order chi connectivity index (χ1) is 16.5. The summed E-state index contributed by atoms with van der Waals surface area (Å²) in [6, 6.07) is 14.1. The van der Waals surface area contributed by atoms with Gasteiger partial charge in [0.15, 0.2) is 6.17 Å². The summed E-state index contributed by atoms with van der Waals surface area (Å²) in [5, 5.41) is 2.25. The maximum atomic E-state index is 14.2. The molecule has 1 atom stereocenters. The van der Waals surface area contributed by atoms with Gasteiger partial charge in [-0.1, -0.05) is 30.3 Å². The Balaban J connectivity index is 1.27. The smallest absolute Gasteiger partial charge is 0.409 e. The largest absolute Gasteiger partial charge is 0.464 e. The number of alkyl halides is 1. The Morgan fingerprint density at radius 2 is 1.88 bits per heavy atom. The lowest BCUT2D eigenvalue weighted by molar-refractivity contribution is -0.151. The number of oxazole rings is 1. The van der Waals surface area contributed by atoms with E-state index in [-0.39, 0.29) is 13.2 Å². The number of carbonyl (C=O) groups is 2. The minimum absolute atomic E-state index is 0.152. The van der Waals surface area contributed by atoms with Crippen molar-refractivity contribution in [3.8, 4) is 11.5 Å². The fourth-order valence-electron chi connectivity index (χ4n) is 4.22. The minimum Gasteiger partial charge on any atom is -0.464 e. The Kier molecular flexibility index (Phi) is 7.45. The molecule has 1 aliphatic heterocycles. The third-order valence-corrected chi connectivity index (χ3v) is 6.18. The first-order valence-electron chi connectivity index (χ1n) is 11.6. The molecule has 0 N–H and O–H groups in total. The number of piperidine rings is 1. The first kappa shape index (κ1) is 23.7. The fourth-order valence-corrected chi connectivity index (χ4v) is 4.22. The van der Waals surface area contributed by atoms with E-state index < -0.39 is 24.2 Å². The van der Waals surface area contributed by atoms with Crippen LogP contribution in [-0.2, 0) is 20.7 Å². The number of halogens is 1. The van der Waals surface area contributed by atoms with Gasteiger partial charge in [0.25, 0.3) is 0 Å². The zero-order valence-corrected chi connectivity index (χ0v) is 19.5. The highest BCUT2D eigenvalue weighted by Gasteiger charge is 2.34. The lowest BCUT2D eigenvalue weighted by Crippen LogP contribution is -2.42. The first-order valence-corrected chi connectivity index (χ1v) is 11.6. The molecule has 0 saturated carbocycles. The summed E-state index contributed by atoms with van der Waals surface area (Å²) in [4.78, 5) is 30.2. The molecule has 2 heterocycles. The Labute approximate surface area is 197 Å². The lowest BCUT2D eigenvalue weighted by atomic mass is 9.92. The summed E-state index contributed by atoms with van der Waals surface area (Å²) in [5.41, 5.74) is 1.63. The van der Waals surface area contributed by atoms with E-state index >= 15 is 0 Å². The molecule has 0 bridgehead atoms. The van der Waals surface area contributed by atoms with Crippen LogP contribution in [0.2, 0.25) is 0 Å². The molecule has 3 aromatic rings. The number of rotatable bonds is 7. The summed E-state index contributed by atoms with van der Waals surface area (Å²) in [7, 11) is 0. The zero-order chi connectivity index (χ0) is 24.1. The third kappa shape index (κ3) is 5.38. The van der Waals surface area contributed by atoms with Crippen molar-refractivity contribution in [2.45, 2.75) is 39.3 Å². The Morgan fingerprint density at radius 1 is 1.15 bits per heavy atom. The van der Waals surface area contributed by atoms with E-state index in [1.54, 1.807) is 11.8 Å². The number of amides is 1. The van der Waals surface area contributed by atoms with Gasteiger partial charge in [-0.15, -0.1) is 0 Å². The molecule has 7 nitrogen and oxygen atoms in total. The van der Waals surface area contributed by atoms with Crippen LogP contribution in [0.1, 0.15) is 31.2 Å². The van der Waals surface area contributed by atoms with Crippen LogP contribution in [0, 0.1) is 12.8 Å². The topological polar surface area (TPSA) is 81.9 Å². The van der Waals surface area contributed by atoms with Gasteiger partial charge in [-0.25, -0.2) is 19.0 Å². The van der Waals surface area contributed by atoms with Gasteiger partial charge in [0, 0.05) is 31.0 Å². The van der Waals surface area contributed by atoms with Crippen molar-refractivity contribution >= 4 is 22.8 Å². The van der Waals surface area contributed by atoms with Crippen LogP contribution in [0.15, 0.2) is 46.9 Å². The van der Waals surface area contributed by atoms with Crippen molar-refractivity contribution < 1.29 is 27.9 Å². The summed E-state index contributed by atoms with van der Waals surface area (Å²) in [6.07, 6.45) is -0.870. The molecule has 0 radical (unpaired) electrons. The Morgan fingerprint density at radius 3 is 2.62 bits per heavy atom. The highest BCUT2D eigenvalue weighted by molar-refractivity contribution is 5.86. The van der Waals surface area contributed by atoms with Gasteiger partial charge in [-0.2, -0.15) is 0 Å². The van der Waals surface area contributed by atoms with Crippen molar-refractivity contribution in [1.29, 1.82) is 0 Å². The van der Waals surface area contributed by atoms with E-state index in [1.165, 1.54) is 0 Å². The molecule has 2 aromatic carbocycles. The summed E-state index contributed by atoms with van der Waals surface area (Å²) < 4.78 is 30.2. The highest BCUT2D eigenvalue weighted by atomic mass is 19.1. The number of nitrogens with zero attached hydrogens (tertiary/aromatic N) is 2. The van der Waals surface area contributed by atoms with Gasteiger partial charge >= 0.3 is 12.1 Å². The molecule has 8 heteroatoms. The predicted molar refractivity (Wildman–Crippen MR) is 125 cm³/mol. The maximum Gasteiger partial charge on any atom is 0.409 e. The van der Waals surface area contributed by atoms with E-state index in [0.29, 0.717) is 44.0 Å². The van der Waals surface area contributed by atoms with Crippen molar-refractivity contribution in [3.63, 3.8) is 0 Å². The van der Waals surface area contributed by atoms with Gasteiger partial charge < -0.3 is 18.8 Å². The molecule has 0 spiro atoms. The number of likely N-dealkylation sites (tertiary alicyclic amines) is 1. The normalized spacial score (nSPS) is 15.3. The SMILES string of the molecule is CCOC(=O)C(F)C1CCN(C(=O)OCCc2nc(-c3ccc4ccccc4c3)oc2C)CC1. The second-order valence-corrected chi connectivity index (χ2v) is 8.43. The molecule has 1 fully saturated rings. The number of carbonyl (C=O) groups excluding carboxylic acids is 2. The molecule has 180 valence electrons. The predicted octanol–water partition coefficient (Wildman–Crippen LogP) is 5.10. The molecule has 1 amide bonds. The van der Waals surface area contributed by atoms with E-state index in [4.69, 9.17) is 13.9 Å². The molecule has 4 rings (SSSR count). The van der Waals surface area contributed by atoms with Gasteiger partial charge in [0.1, 0.15) is 5.76 Å². The second kappa shape index (κ2) is 10.7. The van der Waals surface area contributed by atoms with Gasteiger partial charge in [0.05, 0.1) is 18.9 Å². The number of fused-ring (bicyclic) bond motifs is 1. The fraction of sp³-hybridized carbons (Fsp3) is 0.423. The standard InChI is InChI=1S/C26H29FN2O5/c1-3-32-25(30)23(27)19-10-13-29(14-11-19)26(31)33-15-12-22-17(2)34-24(28-22)21-9-8-18-6-4-5-7-20(18)16-21/h4-9,16,19,23H,3,10-15H2,1-2H3. The summed E-state index contributed by atoms with van der Waals surface area (Å²) >= 11 is 0. The Hall–Kier alpha value is -3.42. The van der Waals surface area contributed by atoms with Crippen LogP contribution in [-0.4, -0.2) is 54.4 Å². The molecule has 1 aliphatic rings. The molecule has 34 heavy (non-hydrogen) atoms. The lowest BCUT2D eigenvalue weighted by Gasteiger charge is -2.32. The van der Waals surface area contributed by atoms with E-state index in [9.17, 15) is 14.0 Å². The third-order valence-electron chi connectivity index (χ3n) is 6.18. The van der Waals surface area contributed by atoms with Crippen molar-refractivity contribution in [2.24, 2.45) is 5.92 Å². The summed E-state index contributed by atoms with van der Waals surface area (Å²) in [6.45, 7) is 4.50. The van der Waals surface area contributed by atoms with Gasteiger partial charge in [0.2, 0.25) is 5.89 Å². The number of aromatic nitrogens is 1. The molecule has 1 aromatic heterocycles. The average molecular weight is 469 g/mol. The number of aryl methyl sites for hydroxylation is 1. The second-order valence-electron chi connectivity index (χ2n) is 8.43. The zero-order valence-electron chi connectivity index (χ0n) is 19.5. The summed E-state index contributed by atoms with van der Waals surface area (Å²) in [5.74, 6) is -0.0361. The average Bonchev–Trinajstić information content (AvgIpc) is 3.23. The van der Waals surface area contributed by atoms with Crippen molar-refractivity contribution in [2.75, 3.05) is 26.3 Å².